The molecule has 32 heavy (non-hydrogen) atoms. The molecule has 0 spiro atoms. The maximum atomic E-state index is 12.5. The third-order valence-electron chi connectivity index (χ3n) is 4.16. The first-order chi connectivity index (χ1) is 15.2. The standard InChI is InChI=1S/C19H13N3O9S/c1-30-17(23)10-20-18(24)16(32-19(20)25)8-11-4-2-3-5-14(11)31-15-7-6-12(21(26)27)9-13(15)22(28)29/h2-9H,10H2,1H3/b16-8-. The molecule has 1 heterocycles. The zero-order valence-corrected chi connectivity index (χ0v) is 17.1. The first-order valence-electron chi connectivity index (χ1n) is 8.73. The highest BCUT2D eigenvalue weighted by Gasteiger charge is 2.36. The molecule has 1 aliphatic rings. The largest absolute Gasteiger partial charge is 0.468 e. The predicted molar refractivity (Wildman–Crippen MR) is 111 cm³/mol. The number of esters is 1. The van der Waals surface area contributed by atoms with Gasteiger partial charge >= 0.3 is 11.7 Å². The summed E-state index contributed by atoms with van der Waals surface area (Å²) in [4.78, 5) is 57.4. The van der Waals surface area contributed by atoms with Crippen LogP contribution in [0.5, 0.6) is 11.5 Å². The van der Waals surface area contributed by atoms with Crippen molar-refractivity contribution in [2.75, 3.05) is 13.7 Å². The molecule has 0 bridgehead atoms. The molecule has 1 fully saturated rings. The van der Waals surface area contributed by atoms with Gasteiger partial charge < -0.3 is 9.47 Å². The molecule has 13 heteroatoms. The molecule has 0 N–H and O–H groups in total. The quantitative estimate of drug-likeness (QED) is 0.259. The Morgan fingerprint density at radius 2 is 1.81 bits per heavy atom. The lowest BCUT2D eigenvalue weighted by Gasteiger charge is -2.10. The molecule has 2 aromatic rings. The van der Waals surface area contributed by atoms with Gasteiger partial charge in [0.15, 0.2) is 0 Å². The van der Waals surface area contributed by atoms with Crippen molar-refractivity contribution in [3.8, 4) is 11.5 Å². The van der Waals surface area contributed by atoms with Gasteiger partial charge in [0, 0.05) is 11.6 Å². The van der Waals surface area contributed by atoms with Gasteiger partial charge in [0.25, 0.3) is 16.8 Å². The number of hydrogen-bond acceptors (Lipinski definition) is 10. The zero-order valence-electron chi connectivity index (χ0n) is 16.3. The van der Waals surface area contributed by atoms with E-state index >= 15 is 0 Å². The summed E-state index contributed by atoms with van der Waals surface area (Å²) in [5.41, 5.74) is -0.785. The van der Waals surface area contributed by atoms with Gasteiger partial charge in [-0.25, -0.2) is 0 Å². The minimum Gasteiger partial charge on any atom is -0.468 e. The number of imide groups is 1. The van der Waals surface area contributed by atoms with Crippen LogP contribution in [0.1, 0.15) is 5.56 Å². The number of benzene rings is 2. The molecule has 0 radical (unpaired) electrons. The van der Waals surface area contributed by atoms with Crippen molar-refractivity contribution in [3.05, 3.63) is 73.2 Å². The first-order valence-corrected chi connectivity index (χ1v) is 9.54. The second-order valence-electron chi connectivity index (χ2n) is 6.15. The number of methoxy groups -OCH3 is 1. The number of ether oxygens (including phenoxy) is 2. The maximum Gasteiger partial charge on any atom is 0.325 e. The number of rotatable bonds is 7. The van der Waals surface area contributed by atoms with Crippen LogP contribution in [0.15, 0.2) is 47.4 Å². The van der Waals surface area contributed by atoms with E-state index < -0.39 is 44.9 Å². The Labute approximate surface area is 183 Å². The van der Waals surface area contributed by atoms with Crippen molar-refractivity contribution in [2.45, 2.75) is 0 Å². The number of nitro benzene ring substituents is 2. The summed E-state index contributed by atoms with van der Waals surface area (Å²) in [6, 6.07) is 9.13. The van der Waals surface area contributed by atoms with E-state index in [4.69, 9.17) is 4.74 Å². The molecule has 3 rings (SSSR count). The van der Waals surface area contributed by atoms with Gasteiger partial charge in [-0.2, -0.15) is 0 Å². The Balaban J connectivity index is 1.93. The van der Waals surface area contributed by atoms with Crippen LogP contribution in [0.4, 0.5) is 16.2 Å². The number of thioether (sulfide) groups is 1. The van der Waals surface area contributed by atoms with Gasteiger partial charge in [-0.05, 0) is 30.0 Å². The van der Waals surface area contributed by atoms with Gasteiger partial charge in [-0.15, -0.1) is 0 Å². The smallest absolute Gasteiger partial charge is 0.325 e. The molecule has 12 nitrogen and oxygen atoms in total. The van der Waals surface area contributed by atoms with Crippen LogP contribution in [0.3, 0.4) is 0 Å². The Hall–Kier alpha value is -4.26. The molecule has 0 aliphatic carbocycles. The van der Waals surface area contributed by atoms with Crippen LogP contribution in [0.2, 0.25) is 0 Å². The van der Waals surface area contributed by atoms with Gasteiger partial charge in [-0.3, -0.25) is 39.5 Å². The third kappa shape index (κ3) is 4.73. The van der Waals surface area contributed by atoms with Crippen molar-refractivity contribution in [2.24, 2.45) is 0 Å². The molecule has 164 valence electrons. The fourth-order valence-electron chi connectivity index (χ4n) is 2.63. The number of carbonyl (C=O) groups is 3. The van der Waals surface area contributed by atoms with Crippen LogP contribution >= 0.6 is 11.8 Å². The lowest BCUT2D eigenvalue weighted by molar-refractivity contribution is -0.394. The van der Waals surface area contributed by atoms with E-state index in [1.807, 2.05) is 0 Å². The van der Waals surface area contributed by atoms with E-state index in [0.717, 1.165) is 30.2 Å². The average Bonchev–Trinajstić information content (AvgIpc) is 3.02. The second-order valence-corrected chi connectivity index (χ2v) is 7.14. The summed E-state index contributed by atoms with van der Waals surface area (Å²) in [7, 11) is 1.13. The Bertz CT molecular complexity index is 1180. The van der Waals surface area contributed by atoms with Crippen LogP contribution < -0.4 is 4.74 Å². The first kappa shape index (κ1) is 22.4. The summed E-state index contributed by atoms with van der Waals surface area (Å²) >= 11 is 0.609. The lowest BCUT2D eigenvalue weighted by Crippen LogP contribution is -2.34. The van der Waals surface area contributed by atoms with Crippen molar-refractivity contribution < 1.29 is 33.7 Å². The fraction of sp³-hybridized carbons (Fsp3) is 0.105. The Kier molecular flexibility index (Phi) is 6.49. The molecule has 0 aromatic heterocycles. The topological polar surface area (TPSA) is 159 Å². The van der Waals surface area contributed by atoms with Crippen LogP contribution in [-0.4, -0.2) is 45.5 Å². The maximum absolute atomic E-state index is 12.5. The monoisotopic (exact) mass is 459 g/mol. The number of nitro groups is 2. The van der Waals surface area contributed by atoms with Crippen molar-refractivity contribution in [3.63, 3.8) is 0 Å². The molecule has 2 aromatic carbocycles. The minimum atomic E-state index is -0.816. The lowest BCUT2D eigenvalue weighted by atomic mass is 10.1. The van der Waals surface area contributed by atoms with E-state index in [2.05, 4.69) is 4.74 Å². The summed E-state index contributed by atoms with van der Waals surface area (Å²) in [6.07, 6.45) is 1.34. The van der Waals surface area contributed by atoms with Crippen molar-refractivity contribution >= 4 is 46.3 Å². The summed E-state index contributed by atoms with van der Waals surface area (Å²) in [5.74, 6) is -1.62. The van der Waals surface area contributed by atoms with E-state index in [0.29, 0.717) is 17.3 Å². The number of nitrogens with zero attached hydrogens (tertiary/aromatic N) is 3. The highest BCUT2D eigenvalue weighted by atomic mass is 32.2. The predicted octanol–water partition coefficient (Wildman–Crippen LogP) is 3.50. The highest BCUT2D eigenvalue weighted by Crippen LogP contribution is 2.38. The van der Waals surface area contributed by atoms with E-state index in [1.165, 1.54) is 12.1 Å². The van der Waals surface area contributed by atoms with E-state index in [-0.39, 0.29) is 16.4 Å². The van der Waals surface area contributed by atoms with E-state index in [1.54, 1.807) is 18.2 Å². The molecule has 0 atom stereocenters. The van der Waals surface area contributed by atoms with Crippen molar-refractivity contribution in [1.82, 2.24) is 4.90 Å². The van der Waals surface area contributed by atoms with Gasteiger partial charge in [0.2, 0.25) is 5.75 Å². The molecule has 0 unspecified atom stereocenters. The number of para-hydroxylation sites is 1. The van der Waals surface area contributed by atoms with Gasteiger partial charge in [-0.1, -0.05) is 18.2 Å². The second kappa shape index (κ2) is 9.26. The van der Waals surface area contributed by atoms with Crippen LogP contribution in [0.25, 0.3) is 6.08 Å². The van der Waals surface area contributed by atoms with Crippen LogP contribution in [0, 0.1) is 20.2 Å². The van der Waals surface area contributed by atoms with Gasteiger partial charge in [0.05, 0.1) is 27.9 Å². The summed E-state index contributed by atoms with van der Waals surface area (Å²) < 4.78 is 10.1. The fourth-order valence-corrected chi connectivity index (χ4v) is 3.46. The molecule has 1 aliphatic heterocycles. The Morgan fingerprint density at radius 3 is 2.47 bits per heavy atom. The zero-order chi connectivity index (χ0) is 23.4. The highest BCUT2D eigenvalue weighted by molar-refractivity contribution is 8.18. The third-order valence-corrected chi connectivity index (χ3v) is 5.07. The normalized spacial score (nSPS) is 14.5. The van der Waals surface area contributed by atoms with E-state index in [9.17, 15) is 34.6 Å². The van der Waals surface area contributed by atoms with Crippen LogP contribution in [-0.2, 0) is 14.3 Å². The molecule has 2 amide bonds. The summed E-state index contributed by atoms with van der Waals surface area (Å²) in [5, 5.41) is 21.6. The number of carbonyl (C=O) groups excluding carboxylic acids is 3. The molecule has 1 saturated heterocycles. The Morgan fingerprint density at radius 1 is 1.09 bits per heavy atom. The molecule has 0 saturated carbocycles. The molecular weight excluding hydrogens is 446 g/mol. The van der Waals surface area contributed by atoms with Crippen molar-refractivity contribution in [1.29, 1.82) is 0 Å². The van der Waals surface area contributed by atoms with Gasteiger partial charge in [0.1, 0.15) is 12.3 Å². The number of amides is 2. The average molecular weight is 459 g/mol. The number of hydrogen-bond donors (Lipinski definition) is 0. The SMILES string of the molecule is COC(=O)CN1C(=O)S/C(=C\c2ccccc2Oc2ccc([N+](=O)[O-])cc2[N+](=O)[O-])C1=O. The molecular formula is C19H13N3O9S. The number of non-ortho nitro benzene ring substituents is 1. The minimum absolute atomic E-state index is 0.00755. The summed E-state index contributed by atoms with van der Waals surface area (Å²) in [6.45, 7) is -0.536.